The minimum atomic E-state index is -4.97. The minimum Gasteiger partial charge on any atom is -0.447 e. The maximum Gasteiger partial charge on any atom is 0.435 e. The third kappa shape index (κ3) is 4.04. The molecule has 0 aliphatic carbocycles. The van der Waals surface area contributed by atoms with Crippen LogP contribution in [-0.4, -0.2) is 40.1 Å². The van der Waals surface area contributed by atoms with Gasteiger partial charge in [0.15, 0.2) is 11.4 Å². The monoisotopic (exact) mass is 435 g/mol. The van der Waals surface area contributed by atoms with Gasteiger partial charge >= 0.3 is 12.3 Å². The van der Waals surface area contributed by atoms with Crippen LogP contribution in [-0.2, 0) is 10.9 Å². The molecule has 1 aliphatic rings. The number of halogens is 4. The summed E-state index contributed by atoms with van der Waals surface area (Å²) >= 11 is 0. The standard InChI is InChI=1S/C19H13F4N5O3/c20-11-4-6-13(7-5-11)28-16(19(21,22)23)15(25-26-28)17(29)24-12-2-1-3-14(10-12)27-8-9-31-18(27)30/h1-7,10H,8-9H2,(H,24,29). The lowest BCUT2D eigenvalue weighted by Gasteiger charge is -2.14. The van der Waals surface area contributed by atoms with Crippen LogP contribution < -0.4 is 10.2 Å². The highest BCUT2D eigenvalue weighted by molar-refractivity contribution is 6.04. The lowest BCUT2D eigenvalue weighted by molar-refractivity contribution is -0.143. The lowest BCUT2D eigenvalue weighted by Crippen LogP contribution is -2.24. The summed E-state index contributed by atoms with van der Waals surface area (Å²) in [7, 11) is 0. The molecule has 2 heterocycles. The van der Waals surface area contributed by atoms with Gasteiger partial charge in [-0.2, -0.15) is 13.2 Å². The van der Waals surface area contributed by atoms with Gasteiger partial charge in [0.25, 0.3) is 5.91 Å². The van der Waals surface area contributed by atoms with Crippen LogP contribution in [0.25, 0.3) is 5.69 Å². The van der Waals surface area contributed by atoms with E-state index in [4.69, 9.17) is 4.74 Å². The molecule has 0 atom stereocenters. The van der Waals surface area contributed by atoms with Crippen molar-refractivity contribution in [1.82, 2.24) is 15.0 Å². The molecular weight excluding hydrogens is 422 g/mol. The van der Waals surface area contributed by atoms with Crippen LogP contribution in [0.5, 0.6) is 0 Å². The zero-order chi connectivity index (χ0) is 22.2. The average molecular weight is 435 g/mol. The van der Waals surface area contributed by atoms with Crippen molar-refractivity contribution in [1.29, 1.82) is 0 Å². The van der Waals surface area contributed by atoms with E-state index in [1.807, 2.05) is 0 Å². The van der Waals surface area contributed by atoms with E-state index in [1.54, 1.807) is 6.07 Å². The van der Waals surface area contributed by atoms with Gasteiger partial charge in [0.2, 0.25) is 0 Å². The maximum absolute atomic E-state index is 13.7. The zero-order valence-corrected chi connectivity index (χ0v) is 15.6. The summed E-state index contributed by atoms with van der Waals surface area (Å²) in [6, 6.07) is 10.1. The molecule has 8 nitrogen and oxygen atoms in total. The number of amides is 2. The molecule has 160 valence electrons. The molecule has 31 heavy (non-hydrogen) atoms. The fourth-order valence-corrected chi connectivity index (χ4v) is 3.02. The summed E-state index contributed by atoms with van der Waals surface area (Å²) in [6.07, 6.45) is -5.53. The highest BCUT2D eigenvalue weighted by Gasteiger charge is 2.42. The number of nitrogens with zero attached hydrogens (tertiary/aromatic N) is 4. The Morgan fingerprint density at radius 3 is 2.48 bits per heavy atom. The Morgan fingerprint density at radius 2 is 1.84 bits per heavy atom. The van der Waals surface area contributed by atoms with Crippen molar-refractivity contribution >= 4 is 23.4 Å². The first-order valence-electron chi connectivity index (χ1n) is 8.88. The van der Waals surface area contributed by atoms with Crippen molar-refractivity contribution in [2.45, 2.75) is 6.18 Å². The fraction of sp³-hybridized carbons (Fsp3) is 0.158. The Hall–Kier alpha value is -3.96. The predicted octanol–water partition coefficient (Wildman–Crippen LogP) is 3.63. The molecule has 2 amide bonds. The molecule has 4 rings (SSSR count). The van der Waals surface area contributed by atoms with Crippen LogP contribution in [0.1, 0.15) is 16.2 Å². The van der Waals surface area contributed by atoms with Crippen LogP contribution in [0, 0.1) is 5.82 Å². The molecule has 0 saturated carbocycles. The number of hydrogen-bond acceptors (Lipinski definition) is 5. The number of alkyl halides is 3. The van der Waals surface area contributed by atoms with E-state index in [1.165, 1.54) is 23.1 Å². The summed E-state index contributed by atoms with van der Waals surface area (Å²) in [4.78, 5) is 25.6. The van der Waals surface area contributed by atoms with Crippen molar-refractivity contribution in [3.8, 4) is 5.69 Å². The van der Waals surface area contributed by atoms with Gasteiger partial charge in [-0.15, -0.1) is 5.10 Å². The highest BCUT2D eigenvalue weighted by atomic mass is 19.4. The van der Waals surface area contributed by atoms with Crippen molar-refractivity contribution in [2.24, 2.45) is 0 Å². The molecule has 1 N–H and O–H groups in total. The molecule has 1 saturated heterocycles. The number of ether oxygens (including phenoxy) is 1. The molecule has 0 bridgehead atoms. The van der Waals surface area contributed by atoms with Crippen molar-refractivity contribution in [3.05, 3.63) is 65.7 Å². The molecular formula is C19H13F4N5O3. The van der Waals surface area contributed by atoms with Crippen molar-refractivity contribution < 1.29 is 31.9 Å². The maximum atomic E-state index is 13.7. The molecule has 1 aromatic heterocycles. The Kier molecular flexibility index (Phi) is 5.05. The first kappa shape index (κ1) is 20.3. The summed E-state index contributed by atoms with van der Waals surface area (Å²) < 4.78 is 59.5. The number of aromatic nitrogens is 3. The number of anilines is 2. The zero-order valence-electron chi connectivity index (χ0n) is 15.6. The van der Waals surface area contributed by atoms with Gasteiger partial charge in [-0.1, -0.05) is 11.3 Å². The summed E-state index contributed by atoms with van der Waals surface area (Å²) in [5, 5.41) is 9.15. The minimum absolute atomic E-state index is 0.116. The largest absolute Gasteiger partial charge is 0.447 e. The third-order valence-electron chi connectivity index (χ3n) is 4.40. The molecule has 2 aromatic carbocycles. The molecule has 0 unspecified atom stereocenters. The van der Waals surface area contributed by atoms with Gasteiger partial charge in [-0.25, -0.2) is 13.9 Å². The average Bonchev–Trinajstić information content (AvgIpc) is 3.35. The summed E-state index contributed by atoms with van der Waals surface area (Å²) in [5.41, 5.74) is -1.92. The Balaban J connectivity index is 1.65. The van der Waals surface area contributed by atoms with E-state index >= 15 is 0 Å². The predicted molar refractivity (Wildman–Crippen MR) is 99.4 cm³/mol. The number of hydrogen-bond donors (Lipinski definition) is 1. The molecule has 1 aliphatic heterocycles. The lowest BCUT2D eigenvalue weighted by atomic mass is 10.2. The normalized spacial score (nSPS) is 13.9. The number of nitrogens with one attached hydrogen (secondary N) is 1. The second-order valence-electron chi connectivity index (χ2n) is 6.44. The van der Waals surface area contributed by atoms with Gasteiger partial charge in [0, 0.05) is 11.4 Å². The van der Waals surface area contributed by atoms with E-state index < -0.39 is 35.4 Å². The molecule has 0 spiro atoms. The van der Waals surface area contributed by atoms with Crippen molar-refractivity contribution in [2.75, 3.05) is 23.4 Å². The number of benzene rings is 2. The highest BCUT2D eigenvalue weighted by Crippen LogP contribution is 2.33. The van der Waals surface area contributed by atoms with Crippen LogP contribution in [0.15, 0.2) is 48.5 Å². The quantitative estimate of drug-likeness (QED) is 0.633. The fourth-order valence-electron chi connectivity index (χ4n) is 3.02. The second-order valence-corrected chi connectivity index (χ2v) is 6.44. The molecule has 12 heteroatoms. The number of cyclic esters (lactones) is 1. The van der Waals surface area contributed by atoms with E-state index in [9.17, 15) is 27.2 Å². The smallest absolute Gasteiger partial charge is 0.435 e. The van der Waals surface area contributed by atoms with Crippen molar-refractivity contribution in [3.63, 3.8) is 0 Å². The summed E-state index contributed by atoms with van der Waals surface area (Å²) in [5.74, 6) is -1.79. The van der Waals surface area contributed by atoms with Gasteiger partial charge in [-0.3, -0.25) is 9.69 Å². The Morgan fingerprint density at radius 1 is 1.10 bits per heavy atom. The molecule has 3 aromatic rings. The van der Waals surface area contributed by atoms with Gasteiger partial charge in [0.05, 0.1) is 12.2 Å². The molecule has 1 fully saturated rings. The van der Waals surface area contributed by atoms with E-state index in [0.29, 0.717) is 16.9 Å². The SMILES string of the molecule is O=C(Nc1cccc(N2CCOC2=O)c1)c1nnn(-c2ccc(F)cc2)c1C(F)(F)F. The van der Waals surface area contributed by atoms with E-state index in [0.717, 1.165) is 24.3 Å². The Bertz CT molecular complexity index is 1140. The number of carbonyl (C=O) groups is 2. The van der Waals surface area contributed by atoms with E-state index in [2.05, 4.69) is 15.6 Å². The van der Waals surface area contributed by atoms with Gasteiger partial charge in [-0.05, 0) is 42.5 Å². The summed E-state index contributed by atoms with van der Waals surface area (Å²) in [6.45, 7) is 0.511. The first-order chi connectivity index (χ1) is 14.7. The van der Waals surface area contributed by atoms with E-state index in [-0.39, 0.29) is 18.0 Å². The second kappa shape index (κ2) is 7.70. The van der Waals surface area contributed by atoms with Gasteiger partial charge in [0.1, 0.15) is 12.4 Å². The van der Waals surface area contributed by atoms with Crippen LogP contribution in [0.2, 0.25) is 0 Å². The van der Waals surface area contributed by atoms with Crippen LogP contribution >= 0.6 is 0 Å². The van der Waals surface area contributed by atoms with Crippen LogP contribution in [0.4, 0.5) is 33.7 Å². The number of carbonyl (C=O) groups excluding carboxylic acids is 2. The Labute approximate surface area is 172 Å². The van der Waals surface area contributed by atoms with Crippen LogP contribution in [0.3, 0.4) is 0 Å². The van der Waals surface area contributed by atoms with Gasteiger partial charge < -0.3 is 10.1 Å². The first-order valence-corrected chi connectivity index (χ1v) is 8.88. The topological polar surface area (TPSA) is 89.3 Å². The number of rotatable bonds is 4. The third-order valence-corrected chi connectivity index (χ3v) is 4.40. The molecule has 0 radical (unpaired) electrons.